The van der Waals surface area contributed by atoms with Crippen LogP contribution in [-0.2, 0) is 19.1 Å². The predicted molar refractivity (Wildman–Crippen MR) is 71.0 cm³/mol. The summed E-state index contributed by atoms with van der Waals surface area (Å²) in [5.74, 6) is -0.672. The Morgan fingerprint density at radius 1 is 1.40 bits per heavy atom. The number of rotatable bonds is 5. The van der Waals surface area contributed by atoms with Crippen molar-refractivity contribution in [3.8, 4) is 0 Å². The van der Waals surface area contributed by atoms with Gasteiger partial charge in [-0.2, -0.15) is 0 Å². The zero-order valence-corrected chi connectivity index (χ0v) is 12.2. The van der Waals surface area contributed by atoms with Crippen LogP contribution in [-0.4, -0.2) is 55.2 Å². The summed E-state index contributed by atoms with van der Waals surface area (Å²) in [6.45, 7) is 4.32. The van der Waals surface area contributed by atoms with E-state index in [1.807, 2.05) is 6.92 Å². The highest BCUT2D eigenvalue weighted by Gasteiger charge is 2.37. The third-order valence-electron chi connectivity index (χ3n) is 3.15. The number of esters is 1. The van der Waals surface area contributed by atoms with Crippen molar-refractivity contribution >= 4 is 18.0 Å². The van der Waals surface area contributed by atoms with Gasteiger partial charge in [-0.1, -0.05) is 6.92 Å². The molecule has 0 aromatic carbocycles. The molecule has 1 rings (SSSR count). The minimum atomic E-state index is -0.734. The quantitative estimate of drug-likeness (QED) is 0.751. The molecule has 0 aromatic heterocycles. The summed E-state index contributed by atoms with van der Waals surface area (Å²) in [6, 6.07) is -1.28. The number of methoxy groups -OCH3 is 1. The summed E-state index contributed by atoms with van der Waals surface area (Å²) in [6.07, 6.45) is 1.42. The van der Waals surface area contributed by atoms with Gasteiger partial charge in [0.1, 0.15) is 12.1 Å². The number of ether oxygens (including phenoxy) is 2. The predicted octanol–water partition coefficient (Wildman–Crippen LogP) is 0.675. The van der Waals surface area contributed by atoms with E-state index in [-0.39, 0.29) is 11.9 Å². The SMILES string of the molecule is CCCOC(=O)C1CCCN1C(=O)C(C)NC(=O)OC. The number of hydrogen-bond donors (Lipinski definition) is 1. The smallest absolute Gasteiger partial charge is 0.407 e. The van der Waals surface area contributed by atoms with Crippen LogP contribution in [0.5, 0.6) is 0 Å². The van der Waals surface area contributed by atoms with Crippen molar-refractivity contribution in [2.75, 3.05) is 20.3 Å². The fourth-order valence-electron chi connectivity index (χ4n) is 2.12. The van der Waals surface area contributed by atoms with Gasteiger partial charge in [-0.15, -0.1) is 0 Å². The molecule has 0 saturated carbocycles. The highest BCUT2D eigenvalue weighted by Crippen LogP contribution is 2.19. The van der Waals surface area contributed by atoms with Gasteiger partial charge in [0, 0.05) is 6.54 Å². The Bertz CT molecular complexity index is 372. The Morgan fingerprint density at radius 2 is 2.10 bits per heavy atom. The summed E-state index contributed by atoms with van der Waals surface area (Å²) in [4.78, 5) is 36.7. The van der Waals surface area contributed by atoms with Crippen molar-refractivity contribution in [3.63, 3.8) is 0 Å². The van der Waals surface area contributed by atoms with E-state index < -0.39 is 18.2 Å². The minimum absolute atomic E-state index is 0.300. The fraction of sp³-hybridized carbons (Fsp3) is 0.769. The molecule has 2 atom stereocenters. The van der Waals surface area contributed by atoms with Gasteiger partial charge >= 0.3 is 12.1 Å². The number of amides is 2. The van der Waals surface area contributed by atoms with Gasteiger partial charge in [0.05, 0.1) is 13.7 Å². The molecule has 114 valence electrons. The molecular formula is C13H22N2O5. The van der Waals surface area contributed by atoms with Crippen LogP contribution in [0.3, 0.4) is 0 Å². The van der Waals surface area contributed by atoms with Crippen molar-refractivity contribution in [3.05, 3.63) is 0 Å². The molecule has 7 heteroatoms. The Morgan fingerprint density at radius 3 is 2.70 bits per heavy atom. The number of nitrogens with one attached hydrogen (secondary N) is 1. The third kappa shape index (κ3) is 4.11. The first-order valence-electron chi connectivity index (χ1n) is 6.82. The molecule has 0 aliphatic carbocycles. The standard InChI is InChI=1S/C13H22N2O5/c1-4-8-20-12(17)10-6-5-7-15(10)11(16)9(2)14-13(18)19-3/h9-10H,4-8H2,1-3H3,(H,14,18). The molecule has 1 aliphatic rings. The molecule has 1 heterocycles. The number of likely N-dealkylation sites (tertiary alicyclic amines) is 1. The van der Waals surface area contributed by atoms with Crippen LogP contribution >= 0.6 is 0 Å². The molecule has 1 fully saturated rings. The van der Waals surface area contributed by atoms with E-state index in [1.165, 1.54) is 12.0 Å². The van der Waals surface area contributed by atoms with Crippen molar-refractivity contribution in [1.82, 2.24) is 10.2 Å². The van der Waals surface area contributed by atoms with Gasteiger partial charge in [0.2, 0.25) is 5.91 Å². The maximum absolute atomic E-state index is 12.2. The molecule has 0 spiro atoms. The molecule has 0 aromatic rings. The number of carbonyl (C=O) groups excluding carboxylic acids is 3. The van der Waals surface area contributed by atoms with Gasteiger partial charge < -0.3 is 19.7 Å². The van der Waals surface area contributed by atoms with Gasteiger partial charge in [-0.05, 0) is 26.2 Å². The average molecular weight is 286 g/mol. The zero-order chi connectivity index (χ0) is 15.1. The molecule has 7 nitrogen and oxygen atoms in total. The van der Waals surface area contributed by atoms with Crippen LogP contribution in [0.4, 0.5) is 4.79 Å². The van der Waals surface area contributed by atoms with Crippen LogP contribution in [0.2, 0.25) is 0 Å². The van der Waals surface area contributed by atoms with Crippen LogP contribution in [0.15, 0.2) is 0 Å². The van der Waals surface area contributed by atoms with Crippen molar-refractivity contribution in [2.45, 2.75) is 45.2 Å². The largest absolute Gasteiger partial charge is 0.464 e. The second-order valence-corrected chi connectivity index (χ2v) is 4.71. The third-order valence-corrected chi connectivity index (χ3v) is 3.15. The normalized spacial score (nSPS) is 19.4. The van der Waals surface area contributed by atoms with Crippen molar-refractivity contribution in [2.24, 2.45) is 0 Å². The number of nitrogens with zero attached hydrogens (tertiary/aromatic N) is 1. The second kappa shape index (κ2) is 7.72. The summed E-state index contributed by atoms with van der Waals surface area (Å²) < 4.78 is 9.54. The zero-order valence-electron chi connectivity index (χ0n) is 12.2. The molecule has 20 heavy (non-hydrogen) atoms. The number of alkyl carbamates (subject to hydrolysis) is 1. The lowest BCUT2D eigenvalue weighted by Gasteiger charge is -2.26. The van der Waals surface area contributed by atoms with E-state index >= 15 is 0 Å². The Labute approximate surface area is 118 Å². The fourth-order valence-corrected chi connectivity index (χ4v) is 2.12. The van der Waals surface area contributed by atoms with Crippen LogP contribution in [0.1, 0.15) is 33.1 Å². The van der Waals surface area contributed by atoms with Crippen molar-refractivity contribution < 1.29 is 23.9 Å². The summed E-state index contributed by atoms with van der Waals surface area (Å²) >= 11 is 0. The topological polar surface area (TPSA) is 84.9 Å². The lowest BCUT2D eigenvalue weighted by Crippen LogP contribution is -2.50. The highest BCUT2D eigenvalue weighted by molar-refractivity contribution is 5.89. The first-order valence-corrected chi connectivity index (χ1v) is 6.82. The minimum Gasteiger partial charge on any atom is -0.464 e. The van der Waals surface area contributed by atoms with E-state index in [1.54, 1.807) is 6.92 Å². The van der Waals surface area contributed by atoms with Gasteiger partial charge in [-0.3, -0.25) is 4.79 Å². The molecule has 0 bridgehead atoms. The average Bonchev–Trinajstić information content (AvgIpc) is 2.92. The van der Waals surface area contributed by atoms with E-state index in [2.05, 4.69) is 10.1 Å². The molecular weight excluding hydrogens is 264 g/mol. The molecule has 2 unspecified atom stereocenters. The second-order valence-electron chi connectivity index (χ2n) is 4.71. The molecule has 0 radical (unpaired) electrons. The Hall–Kier alpha value is -1.79. The van der Waals surface area contributed by atoms with Gasteiger partial charge in [0.25, 0.3) is 0 Å². The Balaban J connectivity index is 2.61. The lowest BCUT2D eigenvalue weighted by atomic mass is 10.2. The molecule has 1 N–H and O–H groups in total. The number of hydrogen-bond acceptors (Lipinski definition) is 5. The van der Waals surface area contributed by atoms with Crippen LogP contribution < -0.4 is 5.32 Å². The maximum atomic E-state index is 12.2. The molecule has 2 amide bonds. The summed E-state index contributed by atoms with van der Waals surface area (Å²) in [7, 11) is 1.23. The summed E-state index contributed by atoms with van der Waals surface area (Å²) in [5.41, 5.74) is 0. The molecule has 1 aliphatic heterocycles. The Kier molecular flexibility index (Phi) is 6.27. The maximum Gasteiger partial charge on any atom is 0.407 e. The van der Waals surface area contributed by atoms with E-state index in [4.69, 9.17) is 4.74 Å². The van der Waals surface area contributed by atoms with E-state index in [0.29, 0.717) is 19.6 Å². The van der Waals surface area contributed by atoms with Crippen LogP contribution in [0, 0.1) is 0 Å². The van der Waals surface area contributed by atoms with E-state index in [0.717, 1.165) is 12.8 Å². The summed E-state index contributed by atoms with van der Waals surface area (Å²) in [5, 5.41) is 2.40. The van der Waals surface area contributed by atoms with E-state index in [9.17, 15) is 14.4 Å². The van der Waals surface area contributed by atoms with Gasteiger partial charge in [-0.25, -0.2) is 9.59 Å². The van der Waals surface area contributed by atoms with Crippen LogP contribution in [0.25, 0.3) is 0 Å². The molecule has 1 saturated heterocycles. The highest BCUT2D eigenvalue weighted by atomic mass is 16.5. The van der Waals surface area contributed by atoms with Gasteiger partial charge in [0.15, 0.2) is 0 Å². The number of carbonyl (C=O) groups is 3. The monoisotopic (exact) mass is 286 g/mol. The first-order chi connectivity index (χ1) is 9.51. The van der Waals surface area contributed by atoms with Crippen molar-refractivity contribution in [1.29, 1.82) is 0 Å². The first kappa shape index (κ1) is 16.3. The lowest BCUT2D eigenvalue weighted by molar-refractivity contribution is -0.153.